The summed E-state index contributed by atoms with van der Waals surface area (Å²) in [5.74, 6) is 0.155. The van der Waals surface area contributed by atoms with Crippen molar-refractivity contribution >= 4 is 23.2 Å². The second kappa shape index (κ2) is 6.89. The highest BCUT2D eigenvalue weighted by atomic mass is 16.5. The molecule has 1 aromatic rings. The van der Waals surface area contributed by atoms with Crippen LogP contribution in [0.1, 0.15) is 19.8 Å². The molecule has 7 heteroatoms. The van der Waals surface area contributed by atoms with Gasteiger partial charge in [0.25, 0.3) is 0 Å². The Hall–Kier alpha value is -2.12. The average molecular weight is 358 g/mol. The van der Waals surface area contributed by atoms with Gasteiger partial charge in [0, 0.05) is 26.2 Å². The van der Waals surface area contributed by atoms with Gasteiger partial charge in [-0.25, -0.2) is 0 Å². The Balaban J connectivity index is 1.41. The molecular weight excluding hydrogens is 332 g/mol. The minimum Gasteiger partial charge on any atom is -0.379 e. The first-order valence-corrected chi connectivity index (χ1v) is 9.38. The van der Waals surface area contributed by atoms with E-state index in [9.17, 15) is 9.59 Å². The Labute approximate surface area is 153 Å². The van der Waals surface area contributed by atoms with Gasteiger partial charge in [-0.05, 0) is 31.9 Å². The van der Waals surface area contributed by atoms with Crippen LogP contribution in [0.2, 0.25) is 0 Å². The molecule has 0 radical (unpaired) electrons. The van der Waals surface area contributed by atoms with Crippen molar-refractivity contribution in [2.75, 3.05) is 50.0 Å². The van der Waals surface area contributed by atoms with E-state index in [0.717, 1.165) is 24.5 Å². The first kappa shape index (κ1) is 17.3. The van der Waals surface area contributed by atoms with Gasteiger partial charge in [0.05, 0.1) is 30.6 Å². The summed E-state index contributed by atoms with van der Waals surface area (Å²) in [5.41, 5.74) is 1.16. The largest absolute Gasteiger partial charge is 0.379 e. The molecule has 140 valence electrons. The summed E-state index contributed by atoms with van der Waals surface area (Å²) in [6.45, 7) is 6.12. The van der Waals surface area contributed by atoms with Gasteiger partial charge >= 0.3 is 0 Å². The highest BCUT2D eigenvalue weighted by Crippen LogP contribution is 2.36. The van der Waals surface area contributed by atoms with Crippen molar-refractivity contribution in [3.63, 3.8) is 0 Å². The van der Waals surface area contributed by atoms with Gasteiger partial charge in [-0.2, -0.15) is 0 Å². The first-order valence-electron chi connectivity index (χ1n) is 9.38. The fourth-order valence-corrected chi connectivity index (χ4v) is 4.10. The number of amides is 2. The Bertz CT molecular complexity index is 694. The van der Waals surface area contributed by atoms with Gasteiger partial charge in [-0.3, -0.25) is 14.5 Å². The number of anilines is 2. The van der Waals surface area contributed by atoms with E-state index in [1.807, 2.05) is 36.1 Å². The van der Waals surface area contributed by atoms with Crippen LogP contribution in [0.4, 0.5) is 11.4 Å². The molecule has 0 bridgehead atoms. The van der Waals surface area contributed by atoms with E-state index >= 15 is 0 Å². The summed E-state index contributed by atoms with van der Waals surface area (Å²) in [6, 6.07) is 7.61. The number of likely N-dealkylation sites (tertiary alicyclic amines) is 1. The molecular formula is C19H26N4O3. The van der Waals surface area contributed by atoms with Crippen LogP contribution in [0.5, 0.6) is 0 Å². The zero-order chi connectivity index (χ0) is 18.1. The number of nitrogens with one attached hydrogen (secondary N) is 2. The fourth-order valence-electron chi connectivity index (χ4n) is 4.10. The summed E-state index contributed by atoms with van der Waals surface area (Å²) in [5, 5.41) is 6.45. The molecule has 7 nitrogen and oxygen atoms in total. The lowest BCUT2D eigenvalue weighted by Crippen LogP contribution is -2.60. The molecule has 3 aliphatic heterocycles. The molecule has 26 heavy (non-hydrogen) atoms. The Morgan fingerprint density at radius 2 is 1.77 bits per heavy atom. The molecule has 1 unspecified atom stereocenters. The predicted molar refractivity (Wildman–Crippen MR) is 99.1 cm³/mol. The van der Waals surface area contributed by atoms with Crippen LogP contribution < -0.4 is 10.6 Å². The van der Waals surface area contributed by atoms with Gasteiger partial charge in [-0.1, -0.05) is 12.1 Å². The quantitative estimate of drug-likeness (QED) is 0.829. The number of nitrogens with zero attached hydrogens (tertiary/aromatic N) is 2. The van der Waals surface area contributed by atoms with E-state index in [1.165, 1.54) is 0 Å². The van der Waals surface area contributed by atoms with Crippen molar-refractivity contribution in [2.45, 2.75) is 31.3 Å². The normalized spacial score (nSPS) is 23.7. The third-order valence-electron chi connectivity index (χ3n) is 5.86. The molecule has 3 heterocycles. The highest BCUT2D eigenvalue weighted by molar-refractivity contribution is 6.06. The standard InChI is InChI=1S/C19H26N4O3/c1-14(22-10-12-26-13-11-22)17(24)23-8-6-19(7-9-23)18(25)20-15-4-2-3-5-16(15)21-19/h2-5,14,21H,6-13H2,1H3,(H,20,25). The number of hydrogen-bond acceptors (Lipinski definition) is 5. The molecule has 0 aliphatic carbocycles. The minimum absolute atomic E-state index is 0.00419. The summed E-state index contributed by atoms with van der Waals surface area (Å²) < 4.78 is 5.37. The zero-order valence-electron chi connectivity index (χ0n) is 15.2. The molecule has 2 fully saturated rings. The SMILES string of the molecule is CC(C(=O)N1CCC2(CC1)Nc1ccccc1NC2=O)N1CCOCC1. The maximum Gasteiger partial charge on any atom is 0.250 e. The number of piperidine rings is 1. The molecule has 2 saturated heterocycles. The van der Waals surface area contributed by atoms with E-state index < -0.39 is 5.54 Å². The van der Waals surface area contributed by atoms with Crippen molar-refractivity contribution in [3.05, 3.63) is 24.3 Å². The molecule has 3 aliphatic rings. The number of rotatable bonds is 2. The second-order valence-corrected chi connectivity index (χ2v) is 7.36. The Morgan fingerprint density at radius 3 is 2.46 bits per heavy atom. The fraction of sp³-hybridized carbons (Fsp3) is 0.579. The molecule has 1 atom stereocenters. The van der Waals surface area contributed by atoms with Crippen LogP contribution in [-0.2, 0) is 14.3 Å². The van der Waals surface area contributed by atoms with Gasteiger partial charge in [0.1, 0.15) is 5.54 Å². The number of hydrogen-bond donors (Lipinski definition) is 2. The number of carbonyl (C=O) groups is 2. The zero-order valence-corrected chi connectivity index (χ0v) is 15.2. The molecule has 1 spiro atoms. The minimum atomic E-state index is -0.618. The summed E-state index contributed by atoms with van der Waals surface area (Å²) in [6.07, 6.45) is 1.24. The lowest BCUT2D eigenvalue weighted by atomic mass is 9.84. The first-order chi connectivity index (χ1) is 12.6. The smallest absolute Gasteiger partial charge is 0.250 e. The maximum atomic E-state index is 12.9. The predicted octanol–water partition coefficient (Wildman–Crippen LogP) is 1.13. The number of fused-ring (bicyclic) bond motifs is 1. The lowest BCUT2D eigenvalue weighted by molar-refractivity contribution is -0.140. The Morgan fingerprint density at radius 1 is 1.12 bits per heavy atom. The topological polar surface area (TPSA) is 73.9 Å². The number of morpholine rings is 1. The average Bonchev–Trinajstić information content (AvgIpc) is 2.69. The van der Waals surface area contributed by atoms with Crippen LogP contribution in [0, 0.1) is 0 Å². The maximum absolute atomic E-state index is 12.9. The van der Waals surface area contributed by atoms with Crippen molar-refractivity contribution < 1.29 is 14.3 Å². The van der Waals surface area contributed by atoms with Crippen LogP contribution in [0.25, 0.3) is 0 Å². The van der Waals surface area contributed by atoms with E-state index in [-0.39, 0.29) is 17.9 Å². The van der Waals surface area contributed by atoms with Gasteiger partial charge in [0.15, 0.2) is 0 Å². The highest BCUT2D eigenvalue weighted by Gasteiger charge is 2.45. The third kappa shape index (κ3) is 3.05. The molecule has 1 aromatic carbocycles. The van der Waals surface area contributed by atoms with Gasteiger partial charge in [0.2, 0.25) is 11.8 Å². The van der Waals surface area contributed by atoms with Crippen LogP contribution in [-0.4, -0.2) is 72.6 Å². The third-order valence-corrected chi connectivity index (χ3v) is 5.86. The monoisotopic (exact) mass is 358 g/mol. The number of para-hydroxylation sites is 2. The number of carbonyl (C=O) groups excluding carboxylic acids is 2. The summed E-state index contributed by atoms with van der Waals surface area (Å²) in [7, 11) is 0. The lowest BCUT2D eigenvalue weighted by Gasteiger charge is -2.45. The van der Waals surface area contributed by atoms with E-state index in [2.05, 4.69) is 15.5 Å². The summed E-state index contributed by atoms with van der Waals surface area (Å²) >= 11 is 0. The van der Waals surface area contributed by atoms with Crippen molar-refractivity contribution in [1.29, 1.82) is 0 Å². The van der Waals surface area contributed by atoms with Crippen molar-refractivity contribution in [2.24, 2.45) is 0 Å². The molecule has 0 aromatic heterocycles. The Kier molecular flexibility index (Phi) is 4.58. The van der Waals surface area contributed by atoms with Crippen molar-refractivity contribution in [1.82, 2.24) is 9.80 Å². The molecule has 2 amide bonds. The number of benzene rings is 1. The number of ether oxygens (including phenoxy) is 1. The molecule has 4 rings (SSSR count). The summed E-state index contributed by atoms with van der Waals surface area (Å²) in [4.78, 5) is 29.6. The van der Waals surface area contributed by atoms with Gasteiger partial charge < -0.3 is 20.3 Å². The van der Waals surface area contributed by atoms with Gasteiger partial charge in [-0.15, -0.1) is 0 Å². The van der Waals surface area contributed by atoms with Crippen LogP contribution in [0.3, 0.4) is 0 Å². The van der Waals surface area contributed by atoms with Crippen molar-refractivity contribution in [3.8, 4) is 0 Å². The molecule has 0 saturated carbocycles. The van der Waals surface area contributed by atoms with E-state index in [1.54, 1.807) is 0 Å². The van der Waals surface area contributed by atoms with Crippen LogP contribution >= 0.6 is 0 Å². The second-order valence-electron chi connectivity index (χ2n) is 7.36. The molecule has 2 N–H and O–H groups in total. The van der Waals surface area contributed by atoms with E-state index in [4.69, 9.17) is 4.74 Å². The van der Waals surface area contributed by atoms with E-state index in [0.29, 0.717) is 39.1 Å². The van der Waals surface area contributed by atoms with Crippen LogP contribution in [0.15, 0.2) is 24.3 Å².